The van der Waals surface area contributed by atoms with Gasteiger partial charge in [-0.1, -0.05) is 45.5 Å². The lowest BCUT2D eigenvalue weighted by Crippen LogP contribution is -2.38. The van der Waals surface area contributed by atoms with E-state index in [1.807, 2.05) is 11.0 Å². The second-order valence-corrected chi connectivity index (χ2v) is 7.90. The van der Waals surface area contributed by atoms with E-state index in [4.69, 9.17) is 0 Å². The molecule has 0 aliphatic carbocycles. The molecule has 1 N–H and O–H groups in total. The number of fused-ring (bicyclic) bond motifs is 1. The maximum absolute atomic E-state index is 12.5. The van der Waals surface area contributed by atoms with E-state index in [-0.39, 0.29) is 5.91 Å². The number of aromatic nitrogens is 2. The van der Waals surface area contributed by atoms with E-state index >= 15 is 0 Å². The third-order valence-electron chi connectivity index (χ3n) is 3.47. The van der Waals surface area contributed by atoms with Crippen LogP contribution in [0.2, 0.25) is 0 Å². The van der Waals surface area contributed by atoms with Gasteiger partial charge >= 0.3 is 0 Å². The fraction of sp³-hybridized carbons (Fsp3) is 0.556. The molecule has 2 aromatic rings. The van der Waals surface area contributed by atoms with Crippen LogP contribution in [-0.2, 0) is 4.79 Å². The molecule has 0 aliphatic heterocycles. The van der Waals surface area contributed by atoms with Gasteiger partial charge in [-0.25, -0.2) is 4.98 Å². The van der Waals surface area contributed by atoms with Gasteiger partial charge in [0, 0.05) is 13.1 Å². The molecule has 1 heterocycles. The van der Waals surface area contributed by atoms with E-state index in [0.717, 1.165) is 29.3 Å². The Labute approximate surface area is 143 Å². The number of nitrogens with one attached hydrogen (secondary N) is 1. The zero-order valence-corrected chi connectivity index (χ0v) is 15.5. The van der Waals surface area contributed by atoms with Crippen molar-refractivity contribution in [1.29, 1.82) is 0 Å². The molecule has 1 amide bonds. The van der Waals surface area contributed by atoms with Crippen LogP contribution in [0.3, 0.4) is 0 Å². The standard InChI is InChI=1S/C18H27N3OS/c1-12(2)9-21(10-13(3)4)17(22)11-23-18-19-15-7-6-14(5)8-16(15)20-18/h6-8,12-13H,9-11H2,1-5H3,(H,19,20). The van der Waals surface area contributed by atoms with E-state index in [2.05, 4.69) is 56.7 Å². The Bertz CT molecular complexity index is 653. The van der Waals surface area contributed by atoms with Crippen molar-refractivity contribution >= 4 is 28.7 Å². The lowest BCUT2D eigenvalue weighted by atomic mass is 10.1. The first-order valence-electron chi connectivity index (χ1n) is 8.22. The number of imidazole rings is 1. The maximum Gasteiger partial charge on any atom is 0.233 e. The summed E-state index contributed by atoms with van der Waals surface area (Å²) in [6, 6.07) is 6.14. The van der Waals surface area contributed by atoms with Crippen LogP contribution in [0.4, 0.5) is 0 Å². The van der Waals surface area contributed by atoms with Gasteiger partial charge in [0.25, 0.3) is 0 Å². The highest BCUT2D eigenvalue weighted by Gasteiger charge is 2.17. The van der Waals surface area contributed by atoms with Crippen molar-refractivity contribution in [2.75, 3.05) is 18.8 Å². The molecule has 4 nitrogen and oxygen atoms in total. The highest BCUT2D eigenvalue weighted by atomic mass is 32.2. The first-order valence-corrected chi connectivity index (χ1v) is 9.20. The van der Waals surface area contributed by atoms with E-state index in [1.54, 1.807) is 0 Å². The van der Waals surface area contributed by atoms with Gasteiger partial charge in [0.2, 0.25) is 5.91 Å². The zero-order chi connectivity index (χ0) is 17.0. The number of nitrogens with zero attached hydrogens (tertiary/aromatic N) is 2. The molecular formula is C18H27N3OS. The van der Waals surface area contributed by atoms with Crippen LogP contribution >= 0.6 is 11.8 Å². The lowest BCUT2D eigenvalue weighted by molar-refractivity contribution is -0.129. The van der Waals surface area contributed by atoms with Crippen LogP contribution in [0.15, 0.2) is 23.4 Å². The average molecular weight is 334 g/mol. The summed E-state index contributed by atoms with van der Waals surface area (Å²) in [6.07, 6.45) is 0. The molecular weight excluding hydrogens is 306 g/mol. The maximum atomic E-state index is 12.5. The fourth-order valence-corrected chi connectivity index (χ4v) is 3.34. The summed E-state index contributed by atoms with van der Waals surface area (Å²) in [5.41, 5.74) is 3.18. The smallest absolute Gasteiger partial charge is 0.233 e. The van der Waals surface area contributed by atoms with Gasteiger partial charge in [-0.3, -0.25) is 4.79 Å². The van der Waals surface area contributed by atoms with E-state index in [1.165, 1.54) is 17.3 Å². The average Bonchev–Trinajstić information content (AvgIpc) is 2.85. The van der Waals surface area contributed by atoms with Gasteiger partial charge in [-0.05, 0) is 36.5 Å². The van der Waals surface area contributed by atoms with Gasteiger partial charge in [0.05, 0.1) is 16.8 Å². The number of thioether (sulfide) groups is 1. The molecule has 0 saturated carbocycles. The Hall–Kier alpha value is -1.49. The Morgan fingerprint density at radius 2 is 1.87 bits per heavy atom. The van der Waals surface area contributed by atoms with Gasteiger partial charge < -0.3 is 9.88 Å². The third-order valence-corrected chi connectivity index (χ3v) is 4.33. The van der Waals surface area contributed by atoms with Crippen LogP contribution in [0.25, 0.3) is 11.0 Å². The quantitative estimate of drug-likeness (QED) is 0.776. The summed E-state index contributed by atoms with van der Waals surface area (Å²) >= 11 is 1.48. The summed E-state index contributed by atoms with van der Waals surface area (Å²) < 4.78 is 0. The first kappa shape index (κ1) is 17.9. The lowest BCUT2D eigenvalue weighted by Gasteiger charge is -2.26. The molecule has 0 aliphatic rings. The number of aromatic amines is 1. The number of amides is 1. The van der Waals surface area contributed by atoms with Crippen molar-refractivity contribution in [3.63, 3.8) is 0 Å². The molecule has 0 saturated heterocycles. The molecule has 23 heavy (non-hydrogen) atoms. The SMILES string of the molecule is Cc1ccc2nc(SCC(=O)N(CC(C)C)CC(C)C)[nH]c2c1. The topological polar surface area (TPSA) is 49.0 Å². The fourth-order valence-electron chi connectivity index (χ4n) is 2.55. The van der Waals surface area contributed by atoms with Gasteiger partial charge in [0.1, 0.15) is 0 Å². The summed E-state index contributed by atoms with van der Waals surface area (Å²) in [7, 11) is 0. The second-order valence-electron chi connectivity index (χ2n) is 6.94. The van der Waals surface area contributed by atoms with Gasteiger partial charge in [0.15, 0.2) is 5.16 Å². The van der Waals surface area contributed by atoms with Crippen molar-refractivity contribution in [3.8, 4) is 0 Å². The Morgan fingerprint density at radius 1 is 1.22 bits per heavy atom. The largest absolute Gasteiger partial charge is 0.341 e. The molecule has 1 aromatic carbocycles. The number of benzene rings is 1. The molecule has 0 fully saturated rings. The van der Waals surface area contributed by atoms with Crippen molar-refractivity contribution in [3.05, 3.63) is 23.8 Å². The zero-order valence-electron chi connectivity index (χ0n) is 14.7. The third kappa shape index (κ3) is 5.27. The molecule has 0 unspecified atom stereocenters. The molecule has 0 bridgehead atoms. The summed E-state index contributed by atoms with van der Waals surface area (Å²) in [4.78, 5) is 22.3. The van der Waals surface area contributed by atoms with E-state index < -0.39 is 0 Å². The van der Waals surface area contributed by atoms with Gasteiger partial charge in [-0.2, -0.15) is 0 Å². The minimum Gasteiger partial charge on any atom is -0.341 e. The minimum atomic E-state index is 0.189. The number of hydrogen-bond donors (Lipinski definition) is 1. The van der Waals surface area contributed by atoms with Crippen molar-refractivity contribution < 1.29 is 4.79 Å². The number of rotatable bonds is 7. The van der Waals surface area contributed by atoms with Crippen LogP contribution in [-0.4, -0.2) is 39.6 Å². The van der Waals surface area contributed by atoms with Crippen molar-refractivity contribution in [1.82, 2.24) is 14.9 Å². The Kier molecular flexibility index (Phi) is 6.10. The predicted octanol–water partition coefficient (Wildman–Crippen LogP) is 4.10. The normalized spacial score (nSPS) is 11.6. The van der Waals surface area contributed by atoms with E-state index in [0.29, 0.717) is 17.6 Å². The van der Waals surface area contributed by atoms with Crippen molar-refractivity contribution in [2.45, 2.75) is 39.8 Å². The molecule has 0 atom stereocenters. The Morgan fingerprint density at radius 3 is 2.48 bits per heavy atom. The van der Waals surface area contributed by atoms with Crippen LogP contribution in [0.5, 0.6) is 0 Å². The van der Waals surface area contributed by atoms with Crippen LogP contribution < -0.4 is 0 Å². The first-order chi connectivity index (χ1) is 10.8. The van der Waals surface area contributed by atoms with E-state index in [9.17, 15) is 4.79 Å². The molecule has 0 spiro atoms. The highest BCUT2D eigenvalue weighted by molar-refractivity contribution is 7.99. The number of H-pyrrole nitrogens is 1. The summed E-state index contributed by atoms with van der Waals surface area (Å²) in [5.74, 6) is 1.58. The monoisotopic (exact) mass is 333 g/mol. The van der Waals surface area contributed by atoms with Crippen LogP contribution in [0, 0.1) is 18.8 Å². The molecule has 0 radical (unpaired) electrons. The van der Waals surface area contributed by atoms with Gasteiger partial charge in [-0.15, -0.1) is 0 Å². The summed E-state index contributed by atoms with van der Waals surface area (Å²) in [6.45, 7) is 12.3. The Balaban J connectivity index is 2.00. The second kappa shape index (κ2) is 7.86. The molecule has 1 aromatic heterocycles. The number of aryl methyl sites for hydroxylation is 1. The van der Waals surface area contributed by atoms with Crippen molar-refractivity contribution in [2.24, 2.45) is 11.8 Å². The highest BCUT2D eigenvalue weighted by Crippen LogP contribution is 2.21. The molecule has 126 valence electrons. The number of hydrogen-bond acceptors (Lipinski definition) is 3. The molecule has 5 heteroatoms. The number of carbonyl (C=O) groups is 1. The predicted molar refractivity (Wildman–Crippen MR) is 97.8 cm³/mol. The number of carbonyl (C=O) groups excluding carboxylic acids is 1. The summed E-state index contributed by atoms with van der Waals surface area (Å²) in [5, 5.41) is 0.813. The van der Waals surface area contributed by atoms with Crippen LogP contribution in [0.1, 0.15) is 33.3 Å². The molecule has 2 rings (SSSR count). The minimum absolute atomic E-state index is 0.189.